The van der Waals surface area contributed by atoms with Crippen LogP contribution < -0.4 is 10.9 Å². The molecule has 7 nitrogen and oxygen atoms in total. The summed E-state index contributed by atoms with van der Waals surface area (Å²) in [4.78, 5) is 13.0. The molecule has 0 saturated heterocycles. The van der Waals surface area contributed by atoms with E-state index in [1.807, 2.05) is 0 Å². The molecule has 0 atom stereocenters. The summed E-state index contributed by atoms with van der Waals surface area (Å²) in [6, 6.07) is 10.8. The molecule has 1 aromatic heterocycles. The highest BCUT2D eigenvalue weighted by molar-refractivity contribution is 6.35. The smallest absolute Gasteiger partial charge is 0.261 e. The van der Waals surface area contributed by atoms with Crippen molar-refractivity contribution in [3.63, 3.8) is 0 Å². The first-order valence-electron chi connectivity index (χ1n) is 7.05. The minimum absolute atomic E-state index is 0.150. The van der Waals surface area contributed by atoms with E-state index in [0.29, 0.717) is 15.6 Å². The van der Waals surface area contributed by atoms with Crippen LogP contribution in [0.2, 0.25) is 10.0 Å². The average Bonchev–Trinajstić information content (AvgIpc) is 3.02. The Kier molecular flexibility index (Phi) is 5.11. The zero-order chi connectivity index (χ0) is 17.8. The van der Waals surface area contributed by atoms with Gasteiger partial charge in [0.25, 0.3) is 5.91 Å². The Morgan fingerprint density at radius 2 is 1.88 bits per heavy atom. The SMILES string of the molecule is O=C(Cn1nnc(-c2cc(Cl)cc(Cl)c2)n1)NNc1ccccc1F. The van der Waals surface area contributed by atoms with Crippen molar-refractivity contribution in [1.82, 2.24) is 25.6 Å². The van der Waals surface area contributed by atoms with Crippen LogP contribution in [0.5, 0.6) is 0 Å². The van der Waals surface area contributed by atoms with Gasteiger partial charge in [-0.2, -0.15) is 4.80 Å². The molecule has 10 heteroatoms. The number of carbonyl (C=O) groups excluding carboxylic acids is 1. The molecule has 3 rings (SSSR count). The van der Waals surface area contributed by atoms with Gasteiger partial charge < -0.3 is 0 Å². The zero-order valence-electron chi connectivity index (χ0n) is 12.6. The fourth-order valence-corrected chi connectivity index (χ4v) is 2.50. The summed E-state index contributed by atoms with van der Waals surface area (Å²) < 4.78 is 13.4. The van der Waals surface area contributed by atoms with E-state index in [2.05, 4.69) is 26.3 Å². The molecule has 0 radical (unpaired) electrons. The number of hydrogen-bond donors (Lipinski definition) is 2. The normalized spacial score (nSPS) is 10.5. The number of nitrogens with zero attached hydrogens (tertiary/aromatic N) is 4. The second-order valence-electron chi connectivity index (χ2n) is 4.95. The first-order chi connectivity index (χ1) is 12.0. The molecule has 128 valence electrons. The van der Waals surface area contributed by atoms with Crippen molar-refractivity contribution >= 4 is 34.8 Å². The van der Waals surface area contributed by atoms with Crippen LogP contribution in [0.15, 0.2) is 42.5 Å². The third kappa shape index (κ3) is 4.43. The van der Waals surface area contributed by atoms with Crippen LogP contribution >= 0.6 is 23.2 Å². The molecule has 2 N–H and O–H groups in total. The minimum atomic E-state index is -0.484. The Hall–Kier alpha value is -2.71. The second-order valence-corrected chi connectivity index (χ2v) is 5.83. The minimum Gasteiger partial charge on any atom is -0.296 e. The lowest BCUT2D eigenvalue weighted by Crippen LogP contribution is -2.33. The van der Waals surface area contributed by atoms with Crippen molar-refractivity contribution in [2.24, 2.45) is 0 Å². The van der Waals surface area contributed by atoms with E-state index in [0.717, 1.165) is 4.80 Å². The average molecular weight is 381 g/mol. The van der Waals surface area contributed by atoms with Crippen LogP contribution in [0.4, 0.5) is 10.1 Å². The molecule has 1 heterocycles. The van der Waals surface area contributed by atoms with Crippen LogP contribution in [-0.4, -0.2) is 26.1 Å². The molecular weight excluding hydrogens is 370 g/mol. The summed E-state index contributed by atoms with van der Waals surface area (Å²) in [6.07, 6.45) is 0. The Bertz CT molecular complexity index is 896. The van der Waals surface area contributed by atoms with E-state index in [4.69, 9.17) is 23.2 Å². The number of anilines is 1. The van der Waals surface area contributed by atoms with Gasteiger partial charge in [-0.1, -0.05) is 35.3 Å². The highest BCUT2D eigenvalue weighted by atomic mass is 35.5. The molecule has 0 aliphatic rings. The van der Waals surface area contributed by atoms with Gasteiger partial charge in [0.05, 0.1) is 5.69 Å². The standard InChI is InChI=1S/C15H11Cl2FN6O/c16-10-5-9(6-11(17)7-10)15-21-23-24(22-15)8-14(25)20-19-13-4-2-1-3-12(13)18/h1-7,19H,8H2,(H,20,25). The van der Waals surface area contributed by atoms with E-state index >= 15 is 0 Å². The predicted octanol–water partition coefficient (Wildman–Crippen LogP) is 2.93. The Morgan fingerprint density at radius 3 is 2.60 bits per heavy atom. The number of benzene rings is 2. The fraction of sp³-hybridized carbons (Fsp3) is 0.0667. The molecule has 1 amide bonds. The van der Waals surface area contributed by atoms with Gasteiger partial charge in [-0.15, -0.1) is 10.2 Å². The van der Waals surface area contributed by atoms with E-state index in [-0.39, 0.29) is 18.1 Å². The number of halogens is 3. The van der Waals surface area contributed by atoms with Gasteiger partial charge in [0.1, 0.15) is 12.4 Å². The molecule has 2 aromatic carbocycles. The maximum Gasteiger partial charge on any atom is 0.261 e. The number of aromatic nitrogens is 4. The van der Waals surface area contributed by atoms with Crippen LogP contribution in [0.25, 0.3) is 11.4 Å². The number of amides is 1. The van der Waals surface area contributed by atoms with Gasteiger partial charge in [-0.3, -0.25) is 15.6 Å². The molecular formula is C15H11Cl2FN6O. The van der Waals surface area contributed by atoms with Gasteiger partial charge in [-0.05, 0) is 35.5 Å². The first-order valence-corrected chi connectivity index (χ1v) is 7.80. The quantitative estimate of drug-likeness (QED) is 0.664. The topological polar surface area (TPSA) is 84.7 Å². The maximum absolute atomic E-state index is 13.4. The highest BCUT2D eigenvalue weighted by Crippen LogP contribution is 2.24. The third-order valence-corrected chi connectivity index (χ3v) is 3.51. The number of carbonyl (C=O) groups is 1. The van der Waals surface area contributed by atoms with E-state index in [9.17, 15) is 9.18 Å². The number of hydrazine groups is 1. The predicted molar refractivity (Wildman–Crippen MR) is 91.4 cm³/mol. The summed E-state index contributed by atoms with van der Waals surface area (Å²) in [7, 11) is 0. The van der Waals surface area contributed by atoms with Gasteiger partial charge in [0, 0.05) is 15.6 Å². The highest BCUT2D eigenvalue weighted by Gasteiger charge is 2.11. The van der Waals surface area contributed by atoms with Gasteiger partial charge >= 0.3 is 0 Å². The molecule has 0 fully saturated rings. The van der Waals surface area contributed by atoms with Crippen molar-refractivity contribution in [2.45, 2.75) is 6.54 Å². The van der Waals surface area contributed by atoms with Crippen molar-refractivity contribution < 1.29 is 9.18 Å². The van der Waals surface area contributed by atoms with Crippen molar-refractivity contribution in [3.8, 4) is 11.4 Å². The van der Waals surface area contributed by atoms with Crippen LogP contribution in [0.1, 0.15) is 0 Å². The van der Waals surface area contributed by atoms with Gasteiger partial charge in [0.2, 0.25) is 5.82 Å². The molecule has 0 bridgehead atoms. The molecule has 0 aliphatic heterocycles. The third-order valence-electron chi connectivity index (χ3n) is 3.07. The monoisotopic (exact) mass is 380 g/mol. The van der Waals surface area contributed by atoms with Crippen LogP contribution in [-0.2, 0) is 11.3 Å². The number of nitrogens with one attached hydrogen (secondary N) is 2. The number of para-hydroxylation sites is 1. The van der Waals surface area contributed by atoms with Crippen molar-refractivity contribution in [3.05, 3.63) is 58.3 Å². The lowest BCUT2D eigenvalue weighted by molar-refractivity contribution is -0.121. The summed E-state index contributed by atoms with van der Waals surface area (Å²) in [5, 5.41) is 12.6. The summed E-state index contributed by atoms with van der Waals surface area (Å²) >= 11 is 11.9. The zero-order valence-corrected chi connectivity index (χ0v) is 14.1. The lowest BCUT2D eigenvalue weighted by atomic mass is 10.2. The Morgan fingerprint density at radius 1 is 1.16 bits per heavy atom. The van der Waals surface area contributed by atoms with E-state index in [1.54, 1.807) is 30.3 Å². The number of hydrogen-bond acceptors (Lipinski definition) is 5. The van der Waals surface area contributed by atoms with Crippen molar-refractivity contribution in [1.29, 1.82) is 0 Å². The summed E-state index contributed by atoms with van der Waals surface area (Å²) in [6.45, 7) is -0.206. The molecule has 0 spiro atoms. The lowest BCUT2D eigenvalue weighted by Gasteiger charge is -2.08. The summed E-state index contributed by atoms with van der Waals surface area (Å²) in [5.74, 6) is -0.683. The number of rotatable bonds is 5. The van der Waals surface area contributed by atoms with Crippen molar-refractivity contribution in [2.75, 3.05) is 5.43 Å². The van der Waals surface area contributed by atoms with Gasteiger partial charge in [0.15, 0.2) is 0 Å². The van der Waals surface area contributed by atoms with E-state index < -0.39 is 11.7 Å². The molecule has 0 saturated carbocycles. The van der Waals surface area contributed by atoms with Gasteiger partial charge in [-0.25, -0.2) is 4.39 Å². The largest absolute Gasteiger partial charge is 0.296 e. The Labute approximate surface area is 151 Å². The maximum atomic E-state index is 13.4. The molecule has 0 unspecified atom stereocenters. The molecule has 0 aliphatic carbocycles. The molecule has 25 heavy (non-hydrogen) atoms. The molecule has 3 aromatic rings. The van der Waals surface area contributed by atoms with E-state index in [1.165, 1.54) is 12.1 Å². The first kappa shape index (κ1) is 17.1. The van der Waals surface area contributed by atoms with Crippen LogP contribution in [0, 0.1) is 5.82 Å². The fourth-order valence-electron chi connectivity index (χ4n) is 1.98. The van der Waals surface area contributed by atoms with Crippen LogP contribution in [0.3, 0.4) is 0 Å². The number of tetrazole rings is 1. The Balaban J connectivity index is 1.63. The summed E-state index contributed by atoms with van der Waals surface area (Å²) in [5.41, 5.74) is 5.57. The second kappa shape index (κ2) is 7.45.